The first kappa shape index (κ1) is 9.90. The van der Waals surface area contributed by atoms with Crippen LogP contribution in [-0.2, 0) is 19.4 Å². The van der Waals surface area contributed by atoms with Crippen LogP contribution in [0.3, 0.4) is 0 Å². The topological polar surface area (TPSA) is 92.6 Å². The van der Waals surface area contributed by atoms with E-state index in [2.05, 4.69) is 10.5 Å². The minimum Gasteiger partial charge on any atom is -0.448 e. The smallest absolute Gasteiger partial charge is 0.347 e. The Morgan fingerprint density at radius 1 is 1.73 bits per heavy atom. The van der Waals surface area contributed by atoms with E-state index in [1.54, 1.807) is 6.92 Å². The summed E-state index contributed by atoms with van der Waals surface area (Å²) in [5.74, 6) is -0.602. The molecule has 0 aliphatic carbocycles. The van der Waals surface area contributed by atoms with Gasteiger partial charge >= 0.3 is 5.97 Å². The lowest BCUT2D eigenvalue weighted by Gasteiger charge is -1.79. The maximum Gasteiger partial charge on any atom is 0.347 e. The van der Waals surface area contributed by atoms with Crippen molar-refractivity contribution < 1.29 is 19.4 Å². The van der Waals surface area contributed by atoms with E-state index in [1.165, 1.54) is 0 Å². The van der Waals surface area contributed by atoms with Gasteiger partial charge in [-0.3, -0.25) is 4.79 Å². The maximum atomic E-state index is 9.66. The molecule has 0 aromatic rings. The molecule has 0 aromatic carbocycles. The average Bonchev–Trinajstić information content (AvgIpc) is 2.46. The zero-order valence-corrected chi connectivity index (χ0v) is 6.20. The third-order valence-electron chi connectivity index (χ3n) is 0.916. The van der Waals surface area contributed by atoms with Crippen molar-refractivity contribution in [1.29, 1.82) is 0 Å². The largest absolute Gasteiger partial charge is 0.448 e. The highest BCUT2D eigenvalue weighted by Gasteiger charge is 2.31. The highest BCUT2D eigenvalue weighted by molar-refractivity contribution is 5.86. The number of cyclic esters (lactones) is 1. The molecule has 0 spiro atoms. The second kappa shape index (κ2) is 4.68. The van der Waals surface area contributed by atoms with Gasteiger partial charge in [0.15, 0.2) is 6.10 Å². The second-order valence-corrected chi connectivity index (χ2v) is 2.00. The van der Waals surface area contributed by atoms with Gasteiger partial charge in [0.1, 0.15) is 0 Å². The SMILES string of the molecule is CC1OC1=O.NC(=O)CC[O]. The van der Waals surface area contributed by atoms with E-state index >= 15 is 0 Å². The number of hydrogen-bond donors (Lipinski definition) is 1. The Hall–Kier alpha value is -1.10. The van der Waals surface area contributed by atoms with E-state index in [-0.39, 0.29) is 18.5 Å². The van der Waals surface area contributed by atoms with Crippen LogP contribution in [0.1, 0.15) is 13.3 Å². The molecule has 1 unspecified atom stereocenters. The van der Waals surface area contributed by atoms with Gasteiger partial charge in [0, 0.05) is 0 Å². The molecule has 1 heterocycles. The molecular weight excluding hydrogens is 150 g/mol. The van der Waals surface area contributed by atoms with Crippen molar-refractivity contribution in [2.24, 2.45) is 5.73 Å². The Balaban J connectivity index is 0.000000183. The Kier molecular flexibility index (Phi) is 4.21. The zero-order valence-electron chi connectivity index (χ0n) is 6.20. The van der Waals surface area contributed by atoms with E-state index in [0.717, 1.165) is 0 Å². The molecular formula is C6H10NO4. The van der Waals surface area contributed by atoms with Gasteiger partial charge in [-0.05, 0) is 6.92 Å². The van der Waals surface area contributed by atoms with Crippen molar-refractivity contribution in [3.8, 4) is 0 Å². The fraction of sp³-hybridized carbons (Fsp3) is 0.667. The summed E-state index contributed by atoms with van der Waals surface area (Å²) < 4.78 is 4.28. The second-order valence-electron chi connectivity index (χ2n) is 2.00. The first-order chi connectivity index (χ1) is 5.07. The van der Waals surface area contributed by atoms with Crippen LogP contribution in [0.25, 0.3) is 0 Å². The highest BCUT2D eigenvalue weighted by atomic mass is 16.6. The molecule has 0 saturated carbocycles. The minimum atomic E-state index is -0.523. The van der Waals surface area contributed by atoms with Crippen LogP contribution in [0, 0.1) is 0 Å². The minimum absolute atomic E-state index is 0.0417. The molecule has 1 amide bonds. The number of carbonyl (C=O) groups excluding carboxylic acids is 2. The van der Waals surface area contributed by atoms with Gasteiger partial charge in [-0.15, -0.1) is 0 Å². The Morgan fingerprint density at radius 3 is 2.09 bits per heavy atom. The highest BCUT2D eigenvalue weighted by Crippen LogP contribution is 2.08. The third kappa shape index (κ3) is 6.79. The maximum absolute atomic E-state index is 9.66. The molecule has 1 atom stereocenters. The quantitative estimate of drug-likeness (QED) is 0.537. The molecule has 0 bridgehead atoms. The van der Waals surface area contributed by atoms with Crippen molar-refractivity contribution in [3.05, 3.63) is 0 Å². The Labute approximate surface area is 64.1 Å². The van der Waals surface area contributed by atoms with E-state index < -0.39 is 12.5 Å². The number of primary amides is 1. The molecule has 0 aromatic heterocycles. The van der Waals surface area contributed by atoms with Crippen molar-refractivity contribution >= 4 is 11.9 Å². The van der Waals surface area contributed by atoms with E-state index in [1.807, 2.05) is 0 Å². The number of ether oxygens (including phenoxy) is 1. The van der Waals surface area contributed by atoms with Crippen LogP contribution in [0.5, 0.6) is 0 Å². The number of carbonyl (C=O) groups is 2. The van der Waals surface area contributed by atoms with Crippen LogP contribution in [-0.4, -0.2) is 24.6 Å². The van der Waals surface area contributed by atoms with Gasteiger partial charge in [0.05, 0.1) is 13.0 Å². The molecule has 1 rings (SSSR count). The lowest BCUT2D eigenvalue weighted by Crippen LogP contribution is -2.10. The summed E-state index contributed by atoms with van der Waals surface area (Å²) in [6.07, 6.45) is -0.130. The molecule has 1 fully saturated rings. The van der Waals surface area contributed by atoms with Gasteiger partial charge in [-0.2, -0.15) is 0 Å². The zero-order chi connectivity index (χ0) is 8.85. The van der Waals surface area contributed by atoms with Crippen LogP contribution in [0.4, 0.5) is 0 Å². The Bertz CT molecular complexity index is 157. The van der Waals surface area contributed by atoms with Gasteiger partial charge in [-0.25, -0.2) is 9.90 Å². The molecule has 2 N–H and O–H groups in total. The summed E-state index contributed by atoms with van der Waals surface area (Å²) in [6.45, 7) is 1.33. The van der Waals surface area contributed by atoms with Crippen molar-refractivity contribution in [3.63, 3.8) is 0 Å². The number of epoxide rings is 1. The van der Waals surface area contributed by atoms with Crippen LogP contribution in [0.15, 0.2) is 0 Å². The lowest BCUT2D eigenvalue weighted by molar-refractivity contribution is -0.119. The Morgan fingerprint density at radius 2 is 2.09 bits per heavy atom. The predicted octanol–water partition coefficient (Wildman–Crippen LogP) is -0.776. The van der Waals surface area contributed by atoms with Crippen molar-refractivity contribution in [2.75, 3.05) is 6.61 Å². The van der Waals surface area contributed by atoms with E-state index in [0.29, 0.717) is 0 Å². The van der Waals surface area contributed by atoms with E-state index in [4.69, 9.17) is 0 Å². The van der Waals surface area contributed by atoms with Crippen LogP contribution < -0.4 is 5.73 Å². The van der Waals surface area contributed by atoms with Crippen LogP contribution in [0.2, 0.25) is 0 Å². The number of amides is 1. The van der Waals surface area contributed by atoms with Crippen molar-refractivity contribution in [2.45, 2.75) is 19.4 Å². The van der Waals surface area contributed by atoms with Gasteiger partial charge in [0.2, 0.25) is 5.91 Å². The summed E-state index contributed by atoms with van der Waals surface area (Å²) in [4.78, 5) is 19.3. The third-order valence-corrected chi connectivity index (χ3v) is 0.916. The summed E-state index contributed by atoms with van der Waals surface area (Å²) in [5.41, 5.74) is 4.56. The molecule has 1 radical (unpaired) electrons. The standard InChI is InChI=1S/C3H6NO2.C3H4O2/c4-3(6)1-2-5;1-2-3(4)5-2/h1-2H2,(H2,4,6);2H,1H3. The summed E-state index contributed by atoms with van der Waals surface area (Å²) in [7, 11) is 0. The van der Waals surface area contributed by atoms with Crippen LogP contribution >= 0.6 is 0 Å². The molecule has 5 heteroatoms. The normalized spacial score (nSPS) is 19.5. The summed E-state index contributed by atoms with van der Waals surface area (Å²) >= 11 is 0. The van der Waals surface area contributed by atoms with E-state index in [9.17, 15) is 14.7 Å². The molecule has 11 heavy (non-hydrogen) atoms. The average molecular weight is 160 g/mol. The van der Waals surface area contributed by atoms with Crippen molar-refractivity contribution in [1.82, 2.24) is 0 Å². The fourth-order valence-electron chi connectivity index (χ4n) is 0.241. The molecule has 1 aliphatic rings. The molecule has 1 aliphatic heterocycles. The molecule has 63 valence electrons. The fourth-order valence-corrected chi connectivity index (χ4v) is 0.241. The van der Waals surface area contributed by atoms with Gasteiger partial charge in [-0.1, -0.05) is 0 Å². The molecule has 1 saturated heterocycles. The first-order valence-corrected chi connectivity index (χ1v) is 3.15. The number of nitrogens with two attached hydrogens (primary N) is 1. The number of hydrogen-bond acceptors (Lipinski definition) is 3. The predicted molar refractivity (Wildman–Crippen MR) is 34.9 cm³/mol. The summed E-state index contributed by atoms with van der Waals surface area (Å²) in [5, 5.41) is 9.44. The molecule has 5 nitrogen and oxygen atoms in total. The van der Waals surface area contributed by atoms with Gasteiger partial charge in [0.25, 0.3) is 0 Å². The number of rotatable bonds is 2. The lowest BCUT2D eigenvalue weighted by atomic mass is 10.4. The first-order valence-electron chi connectivity index (χ1n) is 3.15. The monoisotopic (exact) mass is 160 g/mol. The summed E-state index contributed by atoms with van der Waals surface area (Å²) in [6, 6.07) is 0. The van der Waals surface area contributed by atoms with Gasteiger partial charge < -0.3 is 10.5 Å².